The van der Waals surface area contributed by atoms with Crippen LogP contribution in [0.2, 0.25) is 5.15 Å². The second-order valence-corrected chi connectivity index (χ2v) is 5.94. The largest absolute Gasteiger partial charge is 0.378 e. The normalized spacial score (nSPS) is 12.3. The number of carbonyl (C=O) groups is 1. The molecule has 0 bridgehead atoms. The van der Waals surface area contributed by atoms with Gasteiger partial charge in [0.2, 0.25) is 0 Å². The standard InChI is InChI=1S/C19H17ClN4O2/c1-13-16(18(20)24(23-13)15-10-6-3-7-11-15)12-21-22-19(26)17(25)14-8-4-2-5-9-14/h2-12,17,25H,1H3,(H,22,26)/b21-12-/t17-/m0/s1. The number of aliphatic hydroxyl groups excluding tert-OH is 1. The Morgan fingerprint density at radius 3 is 2.46 bits per heavy atom. The van der Waals surface area contributed by atoms with Gasteiger partial charge in [-0.25, -0.2) is 10.1 Å². The third-order valence-electron chi connectivity index (χ3n) is 3.78. The van der Waals surface area contributed by atoms with E-state index >= 15 is 0 Å². The van der Waals surface area contributed by atoms with Gasteiger partial charge >= 0.3 is 0 Å². The maximum atomic E-state index is 12.0. The summed E-state index contributed by atoms with van der Waals surface area (Å²) >= 11 is 6.39. The minimum Gasteiger partial charge on any atom is -0.378 e. The molecule has 0 aliphatic heterocycles. The van der Waals surface area contributed by atoms with Crippen molar-refractivity contribution in [2.45, 2.75) is 13.0 Å². The number of hydrazone groups is 1. The van der Waals surface area contributed by atoms with Gasteiger partial charge in [-0.2, -0.15) is 10.2 Å². The Hall–Kier alpha value is -2.96. The lowest BCUT2D eigenvalue weighted by Crippen LogP contribution is -2.25. The summed E-state index contributed by atoms with van der Waals surface area (Å²) in [5, 5.41) is 18.7. The Labute approximate surface area is 155 Å². The minimum absolute atomic E-state index is 0.385. The van der Waals surface area contributed by atoms with Crippen molar-refractivity contribution in [2.24, 2.45) is 5.10 Å². The molecule has 0 radical (unpaired) electrons. The SMILES string of the molecule is Cc1nn(-c2ccccc2)c(Cl)c1/C=N\NC(=O)[C@@H](O)c1ccccc1. The first-order valence-electron chi connectivity index (χ1n) is 7.94. The number of nitrogens with zero attached hydrogens (tertiary/aromatic N) is 3. The molecule has 0 unspecified atom stereocenters. The number of hydrogen-bond donors (Lipinski definition) is 2. The predicted molar refractivity (Wildman–Crippen MR) is 100 cm³/mol. The van der Waals surface area contributed by atoms with E-state index in [1.165, 1.54) is 6.21 Å². The number of halogens is 1. The Balaban J connectivity index is 1.73. The summed E-state index contributed by atoms with van der Waals surface area (Å²) in [7, 11) is 0. The molecule has 6 nitrogen and oxygen atoms in total. The molecule has 1 heterocycles. The van der Waals surface area contributed by atoms with Crippen LogP contribution in [-0.2, 0) is 4.79 Å². The van der Waals surface area contributed by atoms with Crippen molar-refractivity contribution in [1.29, 1.82) is 0 Å². The molecule has 0 aliphatic rings. The Bertz CT molecular complexity index is 923. The molecule has 26 heavy (non-hydrogen) atoms. The van der Waals surface area contributed by atoms with Crippen LogP contribution in [0.15, 0.2) is 65.8 Å². The van der Waals surface area contributed by atoms with Crippen molar-refractivity contribution in [2.75, 3.05) is 0 Å². The average molecular weight is 369 g/mol. The van der Waals surface area contributed by atoms with Crippen LogP contribution in [0.25, 0.3) is 5.69 Å². The lowest BCUT2D eigenvalue weighted by Gasteiger charge is -2.08. The van der Waals surface area contributed by atoms with E-state index in [1.807, 2.05) is 30.3 Å². The molecule has 0 saturated heterocycles. The molecule has 2 aromatic carbocycles. The molecule has 132 valence electrons. The van der Waals surface area contributed by atoms with Gasteiger partial charge in [-0.1, -0.05) is 60.1 Å². The second kappa shape index (κ2) is 7.95. The lowest BCUT2D eigenvalue weighted by molar-refractivity contribution is -0.129. The molecule has 3 aromatic rings. The number of nitrogens with one attached hydrogen (secondary N) is 1. The molecule has 0 fully saturated rings. The van der Waals surface area contributed by atoms with Crippen molar-refractivity contribution in [3.05, 3.63) is 82.6 Å². The summed E-state index contributed by atoms with van der Waals surface area (Å²) in [5.74, 6) is -0.628. The summed E-state index contributed by atoms with van der Waals surface area (Å²) in [6, 6.07) is 18.1. The van der Waals surface area contributed by atoms with Gasteiger partial charge in [-0.15, -0.1) is 0 Å². The van der Waals surface area contributed by atoms with E-state index in [-0.39, 0.29) is 0 Å². The first-order valence-corrected chi connectivity index (χ1v) is 8.32. The van der Waals surface area contributed by atoms with Crippen LogP contribution < -0.4 is 5.43 Å². The van der Waals surface area contributed by atoms with Crippen molar-refractivity contribution in [3.8, 4) is 5.69 Å². The second-order valence-electron chi connectivity index (χ2n) is 5.58. The third-order valence-corrected chi connectivity index (χ3v) is 4.14. The van der Waals surface area contributed by atoms with Crippen LogP contribution in [0.3, 0.4) is 0 Å². The zero-order valence-corrected chi connectivity index (χ0v) is 14.8. The molecule has 0 aliphatic carbocycles. The fourth-order valence-electron chi connectivity index (χ4n) is 2.41. The van der Waals surface area contributed by atoms with Crippen molar-refractivity contribution in [3.63, 3.8) is 0 Å². The van der Waals surface area contributed by atoms with Crippen molar-refractivity contribution < 1.29 is 9.90 Å². The van der Waals surface area contributed by atoms with Gasteiger partial charge in [-0.3, -0.25) is 4.79 Å². The fraction of sp³-hybridized carbons (Fsp3) is 0.105. The van der Waals surface area contributed by atoms with Gasteiger partial charge in [0, 0.05) is 0 Å². The number of amides is 1. The van der Waals surface area contributed by atoms with E-state index in [9.17, 15) is 9.90 Å². The highest BCUT2D eigenvalue weighted by Gasteiger charge is 2.17. The molecule has 1 atom stereocenters. The topological polar surface area (TPSA) is 79.5 Å². The van der Waals surface area contributed by atoms with Crippen LogP contribution in [0.4, 0.5) is 0 Å². The number of rotatable bonds is 5. The average Bonchev–Trinajstić information content (AvgIpc) is 2.97. The molecule has 1 amide bonds. The van der Waals surface area contributed by atoms with E-state index in [1.54, 1.807) is 41.9 Å². The van der Waals surface area contributed by atoms with Crippen LogP contribution in [0.5, 0.6) is 0 Å². The van der Waals surface area contributed by atoms with E-state index in [0.29, 0.717) is 22.0 Å². The summed E-state index contributed by atoms with van der Waals surface area (Å²) in [5.41, 5.74) is 4.89. The zero-order valence-electron chi connectivity index (χ0n) is 14.0. The quantitative estimate of drug-likeness (QED) is 0.536. The smallest absolute Gasteiger partial charge is 0.273 e. The number of para-hydroxylation sites is 1. The molecular formula is C19H17ClN4O2. The Morgan fingerprint density at radius 1 is 1.19 bits per heavy atom. The highest BCUT2D eigenvalue weighted by atomic mass is 35.5. The summed E-state index contributed by atoms with van der Waals surface area (Å²) < 4.78 is 1.60. The van der Waals surface area contributed by atoms with E-state index in [2.05, 4.69) is 15.6 Å². The number of aliphatic hydroxyl groups is 1. The van der Waals surface area contributed by atoms with Gasteiger partial charge in [-0.05, 0) is 24.6 Å². The first-order chi connectivity index (χ1) is 12.6. The summed E-state index contributed by atoms with van der Waals surface area (Å²) in [6.07, 6.45) is 0.122. The number of carbonyl (C=O) groups excluding carboxylic acids is 1. The van der Waals surface area contributed by atoms with Crippen LogP contribution in [-0.4, -0.2) is 27.0 Å². The molecule has 1 aromatic heterocycles. The number of aryl methyl sites for hydroxylation is 1. The molecule has 3 rings (SSSR count). The highest BCUT2D eigenvalue weighted by Crippen LogP contribution is 2.21. The maximum Gasteiger partial charge on any atom is 0.273 e. The predicted octanol–water partition coefficient (Wildman–Crippen LogP) is 3.02. The fourth-order valence-corrected chi connectivity index (χ4v) is 2.73. The molecule has 2 N–H and O–H groups in total. The van der Waals surface area contributed by atoms with Gasteiger partial charge in [0.15, 0.2) is 6.10 Å². The molecular weight excluding hydrogens is 352 g/mol. The van der Waals surface area contributed by atoms with Crippen LogP contribution in [0.1, 0.15) is 22.9 Å². The lowest BCUT2D eigenvalue weighted by atomic mass is 10.1. The van der Waals surface area contributed by atoms with E-state index < -0.39 is 12.0 Å². The van der Waals surface area contributed by atoms with Gasteiger partial charge in [0.1, 0.15) is 5.15 Å². The van der Waals surface area contributed by atoms with Crippen molar-refractivity contribution >= 4 is 23.7 Å². The Kier molecular flexibility index (Phi) is 5.46. The zero-order chi connectivity index (χ0) is 18.5. The van der Waals surface area contributed by atoms with Crippen LogP contribution in [0, 0.1) is 6.92 Å². The third kappa shape index (κ3) is 3.82. The molecule has 0 saturated carbocycles. The number of hydrogen-bond acceptors (Lipinski definition) is 4. The first kappa shape index (κ1) is 17.8. The monoisotopic (exact) mass is 368 g/mol. The molecule has 7 heteroatoms. The number of aromatic nitrogens is 2. The Morgan fingerprint density at radius 2 is 1.81 bits per heavy atom. The van der Waals surface area contributed by atoms with Gasteiger partial charge in [0.05, 0.1) is 23.2 Å². The highest BCUT2D eigenvalue weighted by molar-refractivity contribution is 6.32. The minimum atomic E-state index is -1.29. The van der Waals surface area contributed by atoms with Gasteiger partial charge in [0.25, 0.3) is 5.91 Å². The summed E-state index contributed by atoms with van der Waals surface area (Å²) in [4.78, 5) is 12.0. The van der Waals surface area contributed by atoms with Crippen molar-refractivity contribution in [1.82, 2.24) is 15.2 Å². The van der Waals surface area contributed by atoms with E-state index in [0.717, 1.165) is 5.69 Å². The maximum absolute atomic E-state index is 12.0. The van der Waals surface area contributed by atoms with Gasteiger partial charge < -0.3 is 5.11 Å². The summed E-state index contributed by atoms with van der Waals surface area (Å²) in [6.45, 7) is 1.80. The number of benzene rings is 2. The van der Waals surface area contributed by atoms with E-state index in [4.69, 9.17) is 11.6 Å². The molecule has 0 spiro atoms. The van der Waals surface area contributed by atoms with Crippen LogP contribution >= 0.6 is 11.6 Å².